The van der Waals surface area contributed by atoms with Crippen LogP contribution in [0.3, 0.4) is 0 Å². The van der Waals surface area contributed by atoms with E-state index in [4.69, 9.17) is 61.3 Å². The van der Waals surface area contributed by atoms with Crippen LogP contribution < -0.4 is 0 Å². The maximum absolute atomic E-state index is 8.25. The van der Waals surface area contributed by atoms with Crippen LogP contribution in [0.5, 0.6) is 0 Å². The molecule has 0 saturated carbocycles. The first-order valence-corrected chi connectivity index (χ1v) is 2.19. The van der Waals surface area contributed by atoms with Crippen molar-refractivity contribution in [1.82, 2.24) is 0 Å². The summed E-state index contributed by atoms with van der Waals surface area (Å²) in [6, 6.07) is 0. The molecule has 18 heavy (non-hydrogen) atoms. The SMILES string of the molecule is O.O=[N+]([O-])[O-].O=[N+]([O-])[O-].O=[N+]([O-])[O-].O=[N+]([O-])[O-].[Th+4]. The second-order valence-corrected chi connectivity index (χ2v) is 0.894. The van der Waals surface area contributed by atoms with E-state index in [-0.39, 0.29) is 45.4 Å². The van der Waals surface area contributed by atoms with Gasteiger partial charge in [-0.3, -0.25) is 0 Å². The van der Waals surface area contributed by atoms with Gasteiger partial charge in [-0.1, -0.05) is 0 Å². The molecule has 104 valence electrons. The first-order chi connectivity index (χ1) is 6.93. The molecule has 17 nitrogen and oxygen atoms in total. The van der Waals surface area contributed by atoms with E-state index >= 15 is 0 Å². The van der Waals surface area contributed by atoms with Crippen molar-refractivity contribution in [1.29, 1.82) is 0 Å². The van der Waals surface area contributed by atoms with Crippen LogP contribution in [0.2, 0.25) is 0 Å². The van der Waals surface area contributed by atoms with E-state index in [1.807, 2.05) is 0 Å². The van der Waals surface area contributed by atoms with E-state index in [1.165, 1.54) is 0 Å². The molecule has 2 N–H and O–H groups in total. The van der Waals surface area contributed by atoms with Gasteiger partial charge in [0.05, 0.1) is 20.3 Å². The number of hydrogen-bond donors (Lipinski definition) is 0. The fourth-order valence-corrected chi connectivity index (χ4v) is 0. The van der Waals surface area contributed by atoms with Gasteiger partial charge in [0.15, 0.2) is 0 Å². The minimum Gasteiger partial charge on any atom is -0.412 e. The number of rotatable bonds is 0. The van der Waals surface area contributed by atoms with Crippen LogP contribution in [-0.2, 0) is 0 Å². The van der Waals surface area contributed by atoms with Gasteiger partial charge in [0.25, 0.3) is 0 Å². The first-order valence-electron chi connectivity index (χ1n) is 2.19. The molecule has 0 saturated heterocycles. The van der Waals surface area contributed by atoms with Crippen molar-refractivity contribution in [3.05, 3.63) is 61.3 Å². The molecule has 0 rings (SSSR count). The Bertz CT molecular complexity index is 159. The Balaban J connectivity index is -0.0000000257. The Hall–Kier alpha value is -1.92. The summed E-state index contributed by atoms with van der Waals surface area (Å²) in [5, 5.41) is 59.0. The summed E-state index contributed by atoms with van der Waals surface area (Å²) in [6.45, 7) is 0. The Morgan fingerprint density at radius 3 is 0.444 bits per heavy atom. The van der Waals surface area contributed by atoms with Crippen molar-refractivity contribution in [2.45, 2.75) is 0 Å². The summed E-state index contributed by atoms with van der Waals surface area (Å²) in [5.41, 5.74) is 0. The molecule has 0 spiro atoms. The van der Waals surface area contributed by atoms with Crippen LogP contribution in [0.4, 0.5) is 0 Å². The van der Waals surface area contributed by atoms with Crippen molar-refractivity contribution in [2.24, 2.45) is 0 Å². The largest absolute Gasteiger partial charge is 4.00 e. The molecule has 0 amide bonds. The Morgan fingerprint density at radius 1 is 0.444 bits per heavy atom. The zero-order valence-electron chi connectivity index (χ0n) is 7.69. The van der Waals surface area contributed by atoms with Gasteiger partial charge in [-0.15, -0.1) is 0 Å². The quantitative estimate of drug-likeness (QED) is 0.264. The Morgan fingerprint density at radius 2 is 0.444 bits per heavy atom. The molecule has 0 aromatic rings. The summed E-state index contributed by atoms with van der Waals surface area (Å²) >= 11 is 0. The molecule has 0 radical (unpaired) electrons. The molecular formula is H2N4O13Th. The fraction of sp³-hybridized carbons (Fsp3) is 0. The third-order valence-electron chi connectivity index (χ3n) is 0. The summed E-state index contributed by atoms with van der Waals surface area (Å²) in [6.07, 6.45) is 0. The predicted molar refractivity (Wildman–Crippen MR) is 45.1 cm³/mol. The second kappa shape index (κ2) is 29.4. The number of hydrogen-bond acceptors (Lipinski definition) is 12. The van der Waals surface area contributed by atoms with Crippen LogP contribution in [0.1, 0.15) is 0 Å². The van der Waals surface area contributed by atoms with Gasteiger partial charge >= 0.3 is 39.9 Å². The van der Waals surface area contributed by atoms with Crippen molar-refractivity contribution < 1.29 is 65.8 Å². The first kappa shape index (κ1) is 36.0. The van der Waals surface area contributed by atoms with Gasteiger partial charge in [0.1, 0.15) is 0 Å². The molecule has 0 aliphatic rings. The Labute approximate surface area is 127 Å². The van der Waals surface area contributed by atoms with Gasteiger partial charge in [-0.05, 0) is 0 Å². The maximum Gasteiger partial charge on any atom is 4.00 e. The zero-order valence-corrected chi connectivity index (χ0v) is 11.8. The average molecular weight is 498 g/mol. The molecule has 0 aromatic carbocycles. The van der Waals surface area contributed by atoms with E-state index in [9.17, 15) is 0 Å². The van der Waals surface area contributed by atoms with Crippen LogP contribution >= 0.6 is 0 Å². The van der Waals surface area contributed by atoms with Gasteiger partial charge < -0.3 is 66.8 Å². The molecule has 18 heteroatoms. The van der Waals surface area contributed by atoms with Crippen LogP contribution in [0.25, 0.3) is 0 Å². The van der Waals surface area contributed by atoms with Gasteiger partial charge in [0.2, 0.25) is 0 Å². The second-order valence-electron chi connectivity index (χ2n) is 0.894. The summed E-state index contributed by atoms with van der Waals surface area (Å²) in [7, 11) is 0. The zero-order chi connectivity index (χ0) is 14.3. The molecular weight excluding hydrogens is 496 g/mol. The summed E-state index contributed by atoms with van der Waals surface area (Å²) < 4.78 is 0. The topological polar surface area (TPSA) is 296 Å². The smallest absolute Gasteiger partial charge is 0.412 e. The van der Waals surface area contributed by atoms with Crippen molar-refractivity contribution in [2.75, 3.05) is 0 Å². The molecule has 0 aliphatic heterocycles. The minimum atomic E-state index is -1.75. The molecule has 0 fully saturated rings. The Kier molecular flexibility index (Phi) is 58.8. The standard InChI is InChI=1S/4NO3.H2O.Th/c4*2-1(3)4;;/h;;;;1H2;/q4*-1;;+4. The molecule has 0 heterocycles. The van der Waals surface area contributed by atoms with Crippen LogP contribution in [-0.4, -0.2) is 25.8 Å². The van der Waals surface area contributed by atoms with Crippen molar-refractivity contribution in [3.63, 3.8) is 0 Å². The van der Waals surface area contributed by atoms with E-state index in [0.717, 1.165) is 0 Å². The van der Waals surface area contributed by atoms with E-state index in [1.54, 1.807) is 0 Å². The number of nitrogens with zero attached hydrogens (tertiary/aromatic N) is 4. The normalized spacial score (nSPS) is 5.33. The third kappa shape index (κ3) is 657. The third-order valence-corrected chi connectivity index (χ3v) is 0. The molecule has 0 atom stereocenters. The minimum absolute atomic E-state index is 0. The van der Waals surface area contributed by atoms with E-state index in [0.29, 0.717) is 0 Å². The van der Waals surface area contributed by atoms with E-state index < -0.39 is 20.3 Å². The van der Waals surface area contributed by atoms with Crippen molar-refractivity contribution in [3.8, 4) is 0 Å². The van der Waals surface area contributed by atoms with E-state index in [2.05, 4.69) is 0 Å². The van der Waals surface area contributed by atoms with Gasteiger partial charge in [0, 0.05) is 0 Å². The molecule has 0 bridgehead atoms. The van der Waals surface area contributed by atoms with Gasteiger partial charge in [-0.25, -0.2) is 0 Å². The molecule has 0 unspecified atom stereocenters. The monoisotopic (exact) mass is 498 g/mol. The predicted octanol–water partition coefficient (Wildman–Crippen LogP) is -1.78. The maximum atomic E-state index is 8.25. The van der Waals surface area contributed by atoms with Crippen LogP contribution in [0, 0.1) is 101 Å². The summed E-state index contributed by atoms with van der Waals surface area (Å²) in [5.74, 6) is 0. The van der Waals surface area contributed by atoms with Gasteiger partial charge in [-0.2, -0.15) is 0 Å². The average Bonchev–Trinajstić information content (AvgIpc) is 1.76. The van der Waals surface area contributed by atoms with Crippen LogP contribution in [0.15, 0.2) is 0 Å². The van der Waals surface area contributed by atoms with Crippen molar-refractivity contribution >= 4 is 0 Å². The summed E-state index contributed by atoms with van der Waals surface area (Å²) in [4.78, 5) is 33.0. The fourth-order valence-electron chi connectivity index (χ4n) is 0. The molecule has 0 aliphatic carbocycles. The molecule has 0 aromatic heterocycles.